The maximum Gasteiger partial charge on any atom is 0.123 e. The fourth-order valence-corrected chi connectivity index (χ4v) is 3.72. The van der Waals surface area contributed by atoms with Crippen LogP contribution in [0.4, 0.5) is 8.78 Å². The second-order valence-corrected chi connectivity index (χ2v) is 6.68. The van der Waals surface area contributed by atoms with Gasteiger partial charge in [-0.3, -0.25) is 0 Å². The van der Waals surface area contributed by atoms with Crippen LogP contribution in [0, 0.1) is 17.6 Å². The van der Waals surface area contributed by atoms with Crippen molar-refractivity contribution in [1.82, 2.24) is 0 Å². The molecule has 0 radical (unpaired) electrons. The molecule has 4 N–H and O–H groups in total. The first-order valence-electron chi connectivity index (χ1n) is 7.74. The fourth-order valence-electron chi connectivity index (χ4n) is 3.72. The summed E-state index contributed by atoms with van der Waals surface area (Å²) in [6, 6.07) is 12.6. The molecule has 4 heteroatoms. The van der Waals surface area contributed by atoms with Gasteiger partial charge in [0.05, 0.1) is 0 Å². The Morgan fingerprint density at radius 1 is 0.870 bits per heavy atom. The summed E-state index contributed by atoms with van der Waals surface area (Å²) in [7, 11) is 0. The first kappa shape index (κ1) is 17.6. The van der Waals surface area contributed by atoms with Gasteiger partial charge in [0.15, 0.2) is 0 Å². The van der Waals surface area contributed by atoms with Crippen molar-refractivity contribution in [3.05, 3.63) is 71.3 Å². The lowest BCUT2D eigenvalue weighted by Gasteiger charge is -2.49. The van der Waals surface area contributed by atoms with Gasteiger partial charge in [0.1, 0.15) is 11.6 Å². The van der Waals surface area contributed by atoms with E-state index >= 15 is 0 Å². The molecule has 0 saturated heterocycles. The van der Waals surface area contributed by atoms with Gasteiger partial charge in [-0.05, 0) is 61.7 Å². The maximum atomic E-state index is 13.4. The second-order valence-electron chi connectivity index (χ2n) is 6.68. The van der Waals surface area contributed by atoms with Crippen LogP contribution < -0.4 is 11.5 Å². The van der Waals surface area contributed by atoms with Crippen LogP contribution in [0.15, 0.2) is 48.5 Å². The molecule has 23 heavy (non-hydrogen) atoms. The highest BCUT2D eigenvalue weighted by Gasteiger charge is 2.49. The van der Waals surface area contributed by atoms with Crippen LogP contribution in [-0.4, -0.2) is 12.1 Å². The van der Waals surface area contributed by atoms with Crippen molar-refractivity contribution in [3.63, 3.8) is 0 Å². The van der Waals surface area contributed by atoms with E-state index in [4.69, 9.17) is 11.5 Å². The molecule has 0 amide bonds. The largest absolute Gasteiger partial charge is 0.330 e. The molecule has 1 unspecified atom stereocenters. The molecule has 1 atom stereocenters. The highest BCUT2D eigenvalue weighted by atomic mass is 19.1. The van der Waals surface area contributed by atoms with E-state index in [1.807, 2.05) is 20.8 Å². The summed E-state index contributed by atoms with van der Waals surface area (Å²) in [6.07, 6.45) is 0. The zero-order chi connectivity index (χ0) is 17.3. The first-order chi connectivity index (χ1) is 10.7. The Balaban J connectivity index is 2.80. The van der Waals surface area contributed by atoms with Crippen molar-refractivity contribution in [2.24, 2.45) is 17.4 Å². The summed E-state index contributed by atoms with van der Waals surface area (Å²) in [5, 5.41) is 0. The molecule has 0 heterocycles. The summed E-state index contributed by atoms with van der Waals surface area (Å²) in [4.78, 5) is 0. The number of hydrogen-bond donors (Lipinski definition) is 2. The number of rotatable bonds is 5. The van der Waals surface area contributed by atoms with E-state index < -0.39 is 11.0 Å². The van der Waals surface area contributed by atoms with Crippen molar-refractivity contribution < 1.29 is 8.78 Å². The van der Waals surface area contributed by atoms with Gasteiger partial charge in [0.2, 0.25) is 0 Å². The number of halogens is 2. The minimum absolute atomic E-state index is 0.0292. The standard InChI is InChI=1S/C19H24F2N2/c1-13(12-22)19(18(2,3)23,14-4-8-16(20)9-5-14)15-6-10-17(21)11-7-15/h4-11,13H,12,22-23H2,1-3H3. The van der Waals surface area contributed by atoms with E-state index in [1.165, 1.54) is 24.3 Å². The molecule has 0 saturated carbocycles. The van der Waals surface area contributed by atoms with E-state index in [0.29, 0.717) is 6.54 Å². The van der Waals surface area contributed by atoms with Crippen LogP contribution >= 0.6 is 0 Å². The Kier molecular flexibility index (Phi) is 4.87. The van der Waals surface area contributed by atoms with Crippen molar-refractivity contribution in [1.29, 1.82) is 0 Å². The lowest BCUT2D eigenvalue weighted by Crippen LogP contribution is -2.59. The molecular formula is C19H24F2N2. The van der Waals surface area contributed by atoms with E-state index in [1.54, 1.807) is 24.3 Å². The number of hydrogen-bond acceptors (Lipinski definition) is 2. The molecule has 2 rings (SSSR count). The van der Waals surface area contributed by atoms with Gasteiger partial charge < -0.3 is 11.5 Å². The predicted octanol–water partition coefficient (Wildman–Crippen LogP) is 3.58. The average molecular weight is 318 g/mol. The summed E-state index contributed by atoms with van der Waals surface area (Å²) < 4.78 is 26.8. The minimum atomic E-state index is -0.693. The highest BCUT2D eigenvalue weighted by Crippen LogP contribution is 2.46. The van der Waals surface area contributed by atoms with Crippen LogP contribution in [0.5, 0.6) is 0 Å². The third-order valence-electron chi connectivity index (χ3n) is 4.71. The van der Waals surface area contributed by atoms with E-state index in [9.17, 15) is 8.78 Å². The summed E-state index contributed by atoms with van der Waals surface area (Å²) in [5.41, 5.74) is 13.0. The molecule has 0 aliphatic heterocycles. The number of nitrogens with two attached hydrogens (primary N) is 2. The Bertz CT molecular complexity index is 597. The van der Waals surface area contributed by atoms with Crippen LogP contribution in [0.2, 0.25) is 0 Å². The van der Waals surface area contributed by atoms with Crippen molar-refractivity contribution in [3.8, 4) is 0 Å². The van der Waals surface area contributed by atoms with Crippen LogP contribution in [0.25, 0.3) is 0 Å². The van der Waals surface area contributed by atoms with E-state index in [2.05, 4.69) is 0 Å². The SMILES string of the molecule is CC(CN)C(c1ccc(F)cc1)(c1ccc(F)cc1)C(C)(C)N. The smallest absolute Gasteiger partial charge is 0.123 e. The van der Waals surface area contributed by atoms with Crippen LogP contribution in [0.1, 0.15) is 31.9 Å². The zero-order valence-corrected chi connectivity index (χ0v) is 13.8. The Hall–Kier alpha value is -1.78. The molecular weight excluding hydrogens is 294 g/mol. The minimum Gasteiger partial charge on any atom is -0.330 e. The van der Waals surface area contributed by atoms with Gasteiger partial charge in [-0.25, -0.2) is 8.78 Å². The molecule has 0 bridgehead atoms. The summed E-state index contributed by atoms with van der Waals surface area (Å²) in [6.45, 7) is 6.26. The lowest BCUT2D eigenvalue weighted by molar-refractivity contribution is 0.220. The van der Waals surface area contributed by atoms with Crippen molar-refractivity contribution >= 4 is 0 Å². The van der Waals surface area contributed by atoms with Gasteiger partial charge in [-0.1, -0.05) is 31.2 Å². The molecule has 0 spiro atoms. The molecule has 0 aliphatic rings. The van der Waals surface area contributed by atoms with Gasteiger partial charge in [0, 0.05) is 11.0 Å². The predicted molar refractivity (Wildman–Crippen MR) is 90.1 cm³/mol. The molecule has 2 aromatic carbocycles. The monoisotopic (exact) mass is 318 g/mol. The fraction of sp³-hybridized carbons (Fsp3) is 0.368. The van der Waals surface area contributed by atoms with Gasteiger partial charge >= 0.3 is 0 Å². The zero-order valence-electron chi connectivity index (χ0n) is 13.8. The Morgan fingerprint density at radius 2 is 1.22 bits per heavy atom. The normalized spacial score (nSPS) is 13.9. The molecule has 0 aliphatic carbocycles. The molecule has 0 fully saturated rings. The quantitative estimate of drug-likeness (QED) is 0.885. The molecule has 2 aromatic rings. The van der Waals surface area contributed by atoms with Gasteiger partial charge in [-0.15, -0.1) is 0 Å². The maximum absolute atomic E-state index is 13.4. The van der Waals surface area contributed by atoms with E-state index in [-0.39, 0.29) is 17.6 Å². The van der Waals surface area contributed by atoms with Crippen LogP contribution in [0.3, 0.4) is 0 Å². The molecule has 2 nitrogen and oxygen atoms in total. The van der Waals surface area contributed by atoms with Crippen molar-refractivity contribution in [2.75, 3.05) is 6.54 Å². The van der Waals surface area contributed by atoms with Gasteiger partial charge in [0.25, 0.3) is 0 Å². The summed E-state index contributed by atoms with van der Waals surface area (Å²) in [5.74, 6) is -0.646. The second kappa shape index (κ2) is 6.38. The Labute approximate surface area is 136 Å². The number of benzene rings is 2. The average Bonchev–Trinajstić information content (AvgIpc) is 2.49. The topological polar surface area (TPSA) is 52.0 Å². The van der Waals surface area contributed by atoms with Crippen molar-refractivity contribution in [2.45, 2.75) is 31.7 Å². The Morgan fingerprint density at radius 3 is 1.48 bits per heavy atom. The third kappa shape index (κ3) is 3.01. The first-order valence-corrected chi connectivity index (χ1v) is 7.74. The highest BCUT2D eigenvalue weighted by molar-refractivity contribution is 5.45. The molecule has 124 valence electrons. The van der Waals surface area contributed by atoms with Crippen LogP contribution in [-0.2, 0) is 5.41 Å². The van der Waals surface area contributed by atoms with E-state index in [0.717, 1.165) is 11.1 Å². The molecule has 0 aromatic heterocycles. The summed E-state index contributed by atoms with van der Waals surface area (Å²) >= 11 is 0. The third-order valence-corrected chi connectivity index (χ3v) is 4.71. The van der Waals surface area contributed by atoms with Gasteiger partial charge in [-0.2, -0.15) is 0 Å². The lowest BCUT2D eigenvalue weighted by atomic mass is 9.57.